The van der Waals surface area contributed by atoms with E-state index in [0.717, 1.165) is 6.07 Å². The number of halogens is 6. The lowest BCUT2D eigenvalue weighted by molar-refractivity contribution is -0.145. The SMILES string of the molecule is O=S(=O)(CF)c1ccc(OC2CC(F)(F)C2)c2c1C(O)C(F)(F)C2F. The summed E-state index contributed by atoms with van der Waals surface area (Å²) in [5.41, 5.74) is -1.96. The molecule has 0 spiro atoms. The molecule has 140 valence electrons. The molecule has 0 aliphatic heterocycles. The lowest BCUT2D eigenvalue weighted by atomic mass is 9.91. The molecular weight excluding hydrogens is 378 g/mol. The molecule has 0 amide bonds. The molecule has 1 saturated carbocycles. The van der Waals surface area contributed by atoms with Crippen LogP contribution in [0, 0.1) is 0 Å². The lowest BCUT2D eigenvalue weighted by Crippen LogP contribution is -2.43. The molecule has 0 heterocycles. The largest absolute Gasteiger partial charge is 0.490 e. The van der Waals surface area contributed by atoms with Crippen molar-refractivity contribution in [1.82, 2.24) is 0 Å². The van der Waals surface area contributed by atoms with Crippen LogP contribution in [0.25, 0.3) is 0 Å². The lowest BCUT2D eigenvalue weighted by Gasteiger charge is -2.35. The first-order valence-electron chi connectivity index (χ1n) is 7.10. The summed E-state index contributed by atoms with van der Waals surface area (Å²) >= 11 is 0. The van der Waals surface area contributed by atoms with E-state index < -0.39 is 80.7 Å². The number of aliphatic hydroxyl groups is 1. The number of aliphatic hydroxyl groups excluding tert-OH is 1. The maximum atomic E-state index is 14.2. The van der Waals surface area contributed by atoms with Crippen LogP contribution in [0.3, 0.4) is 0 Å². The first-order chi connectivity index (χ1) is 11.4. The van der Waals surface area contributed by atoms with Crippen LogP contribution in [-0.4, -0.2) is 37.5 Å². The van der Waals surface area contributed by atoms with Crippen LogP contribution in [0.2, 0.25) is 0 Å². The van der Waals surface area contributed by atoms with E-state index in [9.17, 15) is 39.9 Å². The maximum Gasteiger partial charge on any atom is 0.312 e. The van der Waals surface area contributed by atoms with E-state index in [4.69, 9.17) is 4.74 Å². The van der Waals surface area contributed by atoms with Gasteiger partial charge in [-0.15, -0.1) is 0 Å². The molecule has 1 fully saturated rings. The van der Waals surface area contributed by atoms with E-state index in [1.807, 2.05) is 0 Å². The fourth-order valence-corrected chi connectivity index (χ4v) is 3.91. The molecule has 11 heteroatoms. The van der Waals surface area contributed by atoms with Gasteiger partial charge < -0.3 is 9.84 Å². The van der Waals surface area contributed by atoms with Crippen LogP contribution in [0.15, 0.2) is 17.0 Å². The van der Waals surface area contributed by atoms with E-state index >= 15 is 0 Å². The number of hydrogen-bond donors (Lipinski definition) is 1. The molecular formula is C14H12F6O4S. The van der Waals surface area contributed by atoms with Crippen LogP contribution in [0.1, 0.15) is 36.2 Å². The summed E-state index contributed by atoms with van der Waals surface area (Å²) < 4.78 is 109. The van der Waals surface area contributed by atoms with Gasteiger partial charge in [0.05, 0.1) is 4.90 Å². The van der Waals surface area contributed by atoms with E-state index in [-0.39, 0.29) is 0 Å². The highest BCUT2D eigenvalue weighted by Crippen LogP contribution is 2.57. The fourth-order valence-electron chi connectivity index (χ4n) is 2.97. The van der Waals surface area contributed by atoms with Crippen molar-refractivity contribution in [2.45, 2.75) is 48.0 Å². The highest BCUT2D eigenvalue weighted by atomic mass is 32.2. The second kappa shape index (κ2) is 5.50. The van der Waals surface area contributed by atoms with Crippen LogP contribution < -0.4 is 4.74 Å². The molecule has 0 saturated heterocycles. The zero-order valence-electron chi connectivity index (χ0n) is 12.4. The van der Waals surface area contributed by atoms with Crippen molar-refractivity contribution in [2.24, 2.45) is 0 Å². The second-order valence-electron chi connectivity index (χ2n) is 6.06. The number of rotatable bonds is 4. The summed E-state index contributed by atoms with van der Waals surface area (Å²) in [6, 6.07) is -0.445. The molecule has 2 aliphatic rings. The zero-order chi connectivity index (χ0) is 18.8. The van der Waals surface area contributed by atoms with E-state index in [1.165, 1.54) is 0 Å². The number of sulfone groups is 1. The smallest absolute Gasteiger partial charge is 0.312 e. The maximum absolute atomic E-state index is 14.2. The Morgan fingerprint density at radius 1 is 1.16 bits per heavy atom. The van der Waals surface area contributed by atoms with Crippen molar-refractivity contribution in [1.29, 1.82) is 0 Å². The van der Waals surface area contributed by atoms with Gasteiger partial charge in [0, 0.05) is 24.0 Å². The van der Waals surface area contributed by atoms with Gasteiger partial charge in [0.2, 0.25) is 9.84 Å². The van der Waals surface area contributed by atoms with Gasteiger partial charge in [-0.25, -0.2) is 26.0 Å². The third-order valence-electron chi connectivity index (χ3n) is 4.26. The van der Waals surface area contributed by atoms with Gasteiger partial charge in [0.25, 0.3) is 5.92 Å². The van der Waals surface area contributed by atoms with Gasteiger partial charge >= 0.3 is 5.92 Å². The average molecular weight is 390 g/mol. The average Bonchev–Trinajstić information content (AvgIpc) is 2.67. The minimum absolute atomic E-state index is 0.572. The Morgan fingerprint density at radius 3 is 2.28 bits per heavy atom. The number of fused-ring (bicyclic) bond motifs is 1. The predicted molar refractivity (Wildman–Crippen MR) is 72.0 cm³/mol. The minimum atomic E-state index is -4.69. The zero-order valence-corrected chi connectivity index (χ0v) is 13.2. The van der Waals surface area contributed by atoms with E-state index in [2.05, 4.69) is 0 Å². The summed E-state index contributed by atoms with van der Waals surface area (Å²) in [7, 11) is -4.69. The number of ether oxygens (including phenoxy) is 1. The Balaban J connectivity index is 2.09. The molecule has 1 aromatic rings. The molecule has 1 N–H and O–H groups in total. The van der Waals surface area contributed by atoms with Crippen LogP contribution in [0.4, 0.5) is 26.3 Å². The van der Waals surface area contributed by atoms with Crippen LogP contribution in [0.5, 0.6) is 5.75 Å². The molecule has 2 aliphatic carbocycles. The highest BCUT2D eigenvalue weighted by Gasteiger charge is 2.59. The summed E-state index contributed by atoms with van der Waals surface area (Å²) in [6.07, 6.45) is -8.44. The Morgan fingerprint density at radius 2 is 1.76 bits per heavy atom. The molecule has 0 aromatic heterocycles. The van der Waals surface area contributed by atoms with E-state index in [0.29, 0.717) is 6.07 Å². The monoisotopic (exact) mass is 390 g/mol. The highest BCUT2D eigenvalue weighted by molar-refractivity contribution is 7.91. The van der Waals surface area contributed by atoms with Crippen molar-refractivity contribution in [3.05, 3.63) is 23.3 Å². The van der Waals surface area contributed by atoms with Crippen molar-refractivity contribution in [2.75, 3.05) is 6.01 Å². The predicted octanol–water partition coefficient (Wildman–Crippen LogP) is 3.26. The molecule has 3 rings (SSSR count). The fraction of sp³-hybridized carbons (Fsp3) is 0.571. The van der Waals surface area contributed by atoms with Gasteiger partial charge in [-0.2, -0.15) is 8.78 Å². The number of benzene rings is 1. The Bertz CT molecular complexity index is 802. The summed E-state index contributed by atoms with van der Waals surface area (Å²) in [5, 5.41) is 9.68. The summed E-state index contributed by atoms with van der Waals surface area (Å²) in [6.45, 7) is 0. The van der Waals surface area contributed by atoms with Crippen LogP contribution in [-0.2, 0) is 9.84 Å². The summed E-state index contributed by atoms with van der Waals surface area (Å²) in [5.74, 6) is -7.92. The third-order valence-corrected chi connectivity index (χ3v) is 5.57. The number of alkyl halides is 6. The first kappa shape index (κ1) is 18.3. The molecule has 25 heavy (non-hydrogen) atoms. The molecule has 0 radical (unpaired) electrons. The van der Waals surface area contributed by atoms with Crippen LogP contribution >= 0.6 is 0 Å². The molecule has 2 atom stereocenters. The standard InChI is InChI=1S/C14H12F6O4S/c15-5-25(22,23)8-2-1-7(24-6-3-13(17,18)4-6)9-10(8)12(21)14(19,20)11(9)16/h1-2,6,11-12,21H,3-5H2. The minimum Gasteiger partial charge on any atom is -0.490 e. The summed E-state index contributed by atoms with van der Waals surface area (Å²) in [4.78, 5) is -0.983. The van der Waals surface area contributed by atoms with Gasteiger partial charge in [-0.1, -0.05) is 0 Å². The van der Waals surface area contributed by atoms with E-state index in [1.54, 1.807) is 0 Å². The van der Waals surface area contributed by atoms with Gasteiger partial charge in [-0.05, 0) is 12.1 Å². The van der Waals surface area contributed by atoms with Crippen molar-refractivity contribution >= 4 is 9.84 Å². The molecule has 4 nitrogen and oxygen atoms in total. The Labute approximate surface area is 138 Å². The van der Waals surface area contributed by atoms with Crippen molar-refractivity contribution in [3.8, 4) is 5.75 Å². The van der Waals surface area contributed by atoms with Crippen molar-refractivity contribution in [3.63, 3.8) is 0 Å². The Kier molecular flexibility index (Phi) is 4.03. The first-order valence-corrected chi connectivity index (χ1v) is 8.76. The van der Waals surface area contributed by atoms with Gasteiger partial charge in [0.1, 0.15) is 18.0 Å². The quantitative estimate of drug-likeness (QED) is 0.802. The topological polar surface area (TPSA) is 63.6 Å². The molecule has 1 aromatic carbocycles. The Hall–Kier alpha value is -1.49. The number of hydrogen-bond acceptors (Lipinski definition) is 4. The van der Waals surface area contributed by atoms with Gasteiger partial charge in [-0.3, -0.25) is 0 Å². The van der Waals surface area contributed by atoms with Crippen molar-refractivity contribution < 1.29 is 44.6 Å². The second-order valence-corrected chi connectivity index (χ2v) is 7.94. The molecule has 2 unspecified atom stereocenters. The molecule has 0 bridgehead atoms. The third kappa shape index (κ3) is 2.77. The normalized spacial score (nSPS) is 27.6. The van der Waals surface area contributed by atoms with Gasteiger partial charge in [0.15, 0.2) is 12.2 Å².